The Labute approximate surface area is 142 Å². The summed E-state index contributed by atoms with van der Waals surface area (Å²) in [4.78, 5) is 34.2. The average Bonchev–Trinajstić information content (AvgIpc) is 2.49. The van der Waals surface area contributed by atoms with Crippen molar-refractivity contribution in [2.24, 2.45) is 0 Å². The van der Waals surface area contributed by atoms with E-state index >= 15 is 0 Å². The lowest BCUT2D eigenvalue weighted by Crippen LogP contribution is -2.28. The zero-order valence-corrected chi connectivity index (χ0v) is 15.5. The molecule has 0 bridgehead atoms. The summed E-state index contributed by atoms with van der Waals surface area (Å²) >= 11 is 3.59. The fraction of sp³-hybridized carbons (Fsp3) is 0.455. The van der Waals surface area contributed by atoms with Gasteiger partial charge < -0.3 is 14.9 Å². The van der Waals surface area contributed by atoms with Crippen molar-refractivity contribution in [2.75, 3.05) is 0 Å². The smallest absolute Gasteiger partial charge is 0.425 e. The number of hydrogen-bond donors (Lipinski definition) is 0. The number of hydrogen-bond acceptors (Lipinski definition) is 5. The standard InChI is InChI=1S/C11H12I2N2O5/c1-5(16)6-7(12)8(13)14(9(6)15(18)19)10(17)20-11(2,3)4/h1-4H3. The van der Waals surface area contributed by atoms with Crippen LogP contribution in [0.2, 0.25) is 0 Å². The highest BCUT2D eigenvalue weighted by Crippen LogP contribution is 2.33. The zero-order chi connectivity index (χ0) is 15.8. The summed E-state index contributed by atoms with van der Waals surface area (Å²) in [6, 6.07) is 0. The van der Waals surface area contributed by atoms with E-state index in [2.05, 4.69) is 0 Å². The van der Waals surface area contributed by atoms with Crippen LogP contribution in [0.3, 0.4) is 0 Å². The molecule has 1 rings (SSSR count). The highest BCUT2D eigenvalue weighted by atomic mass is 127. The second kappa shape index (κ2) is 5.95. The fourth-order valence-electron chi connectivity index (χ4n) is 1.46. The molecular weight excluding hydrogens is 494 g/mol. The largest absolute Gasteiger partial charge is 0.513 e. The number of rotatable bonds is 2. The summed E-state index contributed by atoms with van der Waals surface area (Å²) in [6.07, 6.45) is -0.876. The Hall–Kier alpha value is -0.720. The molecule has 9 heteroatoms. The molecule has 110 valence electrons. The van der Waals surface area contributed by atoms with Gasteiger partial charge in [0.1, 0.15) is 11.2 Å². The van der Waals surface area contributed by atoms with E-state index in [0.717, 1.165) is 4.57 Å². The van der Waals surface area contributed by atoms with E-state index in [-0.39, 0.29) is 9.26 Å². The van der Waals surface area contributed by atoms with Crippen molar-refractivity contribution in [3.63, 3.8) is 0 Å². The Balaban J connectivity index is 3.55. The van der Waals surface area contributed by atoms with Crippen molar-refractivity contribution in [1.82, 2.24) is 4.57 Å². The van der Waals surface area contributed by atoms with Gasteiger partial charge in [0.05, 0.1) is 3.57 Å². The van der Waals surface area contributed by atoms with Gasteiger partial charge >= 0.3 is 11.9 Å². The molecule has 0 aliphatic carbocycles. The summed E-state index contributed by atoms with van der Waals surface area (Å²) in [6.45, 7) is 6.19. The second-order valence-corrected chi connectivity index (χ2v) is 7.03. The van der Waals surface area contributed by atoms with Gasteiger partial charge in [0.2, 0.25) is 0 Å². The third-order valence-corrected chi connectivity index (χ3v) is 5.24. The molecule has 0 N–H and O–H groups in total. The summed E-state index contributed by atoms with van der Waals surface area (Å²) in [7, 11) is 0. The van der Waals surface area contributed by atoms with E-state index in [1.807, 2.05) is 22.6 Å². The lowest BCUT2D eigenvalue weighted by atomic mass is 10.2. The van der Waals surface area contributed by atoms with Gasteiger partial charge in [-0.15, -0.1) is 4.57 Å². The van der Waals surface area contributed by atoms with E-state index in [9.17, 15) is 19.7 Å². The minimum atomic E-state index is -0.876. The maximum Gasteiger partial charge on any atom is 0.513 e. The second-order valence-electron chi connectivity index (χ2n) is 4.93. The molecule has 0 aliphatic heterocycles. The lowest BCUT2D eigenvalue weighted by Gasteiger charge is -2.17. The zero-order valence-electron chi connectivity index (χ0n) is 11.2. The molecule has 0 aliphatic rings. The molecular formula is C11H12I2N2O5. The molecule has 1 aromatic heterocycles. The van der Waals surface area contributed by atoms with Crippen LogP contribution in [-0.2, 0) is 4.74 Å². The van der Waals surface area contributed by atoms with E-state index < -0.39 is 28.2 Å². The quantitative estimate of drug-likeness (QED) is 0.265. The Morgan fingerprint density at radius 2 is 1.80 bits per heavy atom. The first-order chi connectivity index (χ1) is 8.97. The summed E-state index contributed by atoms with van der Waals surface area (Å²) < 4.78 is 6.62. The normalized spacial score (nSPS) is 11.3. The molecule has 1 heterocycles. The SMILES string of the molecule is CC(=O)c1c(I)c(I)n(C(=O)OC(C)(C)C)c1[N+](=O)[O-]. The number of nitrogens with zero attached hydrogens (tertiary/aromatic N) is 2. The first kappa shape index (κ1) is 17.3. The molecule has 1 aromatic rings. The van der Waals surface area contributed by atoms with Gasteiger partial charge in [0.25, 0.3) is 0 Å². The molecule has 0 atom stereocenters. The summed E-state index contributed by atoms with van der Waals surface area (Å²) in [5.74, 6) is -1.03. The molecule has 0 amide bonds. The Morgan fingerprint density at radius 1 is 1.30 bits per heavy atom. The van der Waals surface area contributed by atoms with E-state index in [0.29, 0.717) is 3.57 Å². The van der Waals surface area contributed by atoms with E-state index in [1.54, 1.807) is 43.4 Å². The maximum absolute atomic E-state index is 12.1. The predicted octanol–water partition coefficient (Wildman–Crippen LogP) is 3.59. The van der Waals surface area contributed by atoms with Gasteiger partial charge in [-0.05, 0) is 55.2 Å². The first-order valence-electron chi connectivity index (χ1n) is 5.45. The lowest BCUT2D eigenvalue weighted by molar-refractivity contribution is -0.391. The number of halogens is 2. The van der Waals surface area contributed by atoms with E-state index in [4.69, 9.17) is 4.74 Å². The Morgan fingerprint density at radius 3 is 2.15 bits per heavy atom. The van der Waals surface area contributed by atoms with Gasteiger partial charge in [-0.2, -0.15) is 4.79 Å². The third-order valence-electron chi connectivity index (χ3n) is 2.13. The molecule has 0 fully saturated rings. The van der Waals surface area contributed by atoms with Crippen LogP contribution in [0, 0.1) is 17.4 Å². The molecule has 7 nitrogen and oxygen atoms in total. The fourth-order valence-corrected chi connectivity index (χ4v) is 3.02. The predicted molar refractivity (Wildman–Crippen MR) is 88.2 cm³/mol. The molecule has 20 heavy (non-hydrogen) atoms. The van der Waals surface area contributed by atoms with Gasteiger partial charge in [0, 0.05) is 22.6 Å². The summed E-state index contributed by atoms with van der Waals surface area (Å²) in [5, 5.41) is 11.2. The van der Waals surface area contributed by atoms with Crippen LogP contribution in [0.1, 0.15) is 38.1 Å². The first-order valence-corrected chi connectivity index (χ1v) is 7.61. The summed E-state index contributed by atoms with van der Waals surface area (Å²) in [5.41, 5.74) is -0.869. The van der Waals surface area contributed by atoms with Crippen LogP contribution in [0.5, 0.6) is 0 Å². The third kappa shape index (κ3) is 3.48. The minimum absolute atomic E-state index is 0.0779. The molecule has 0 unspecified atom stereocenters. The minimum Gasteiger partial charge on any atom is -0.425 e. The van der Waals surface area contributed by atoms with Crippen molar-refractivity contribution in [3.8, 4) is 0 Å². The van der Waals surface area contributed by atoms with Crippen LogP contribution in [0.4, 0.5) is 10.6 Å². The van der Waals surface area contributed by atoms with Crippen LogP contribution < -0.4 is 0 Å². The number of carbonyl (C=O) groups is 2. The number of aromatic nitrogens is 1. The number of Topliss-reactive ketones (excluding diaryl/α,β-unsaturated/α-hetero) is 1. The highest BCUT2D eigenvalue weighted by Gasteiger charge is 2.37. The number of ether oxygens (including phenoxy) is 1. The van der Waals surface area contributed by atoms with Crippen LogP contribution in [0.25, 0.3) is 0 Å². The average molecular weight is 506 g/mol. The van der Waals surface area contributed by atoms with Gasteiger partial charge in [-0.3, -0.25) is 4.79 Å². The Kier molecular flexibility index (Phi) is 5.16. The van der Waals surface area contributed by atoms with Gasteiger partial charge in [-0.25, -0.2) is 0 Å². The van der Waals surface area contributed by atoms with Crippen molar-refractivity contribution >= 4 is 62.9 Å². The number of carbonyl (C=O) groups excluding carboxylic acids is 2. The molecule has 0 saturated carbocycles. The Bertz CT molecular complexity index is 601. The highest BCUT2D eigenvalue weighted by molar-refractivity contribution is 14.1. The van der Waals surface area contributed by atoms with Crippen molar-refractivity contribution in [2.45, 2.75) is 33.3 Å². The van der Waals surface area contributed by atoms with Crippen LogP contribution in [0.15, 0.2) is 0 Å². The van der Waals surface area contributed by atoms with Crippen LogP contribution in [-0.4, -0.2) is 27.0 Å². The molecule has 0 radical (unpaired) electrons. The topological polar surface area (TPSA) is 91.4 Å². The van der Waals surface area contributed by atoms with Crippen molar-refractivity contribution < 1.29 is 19.2 Å². The molecule has 0 saturated heterocycles. The number of nitro groups is 1. The monoisotopic (exact) mass is 506 g/mol. The number of ketones is 1. The molecule has 0 spiro atoms. The molecule has 0 aromatic carbocycles. The van der Waals surface area contributed by atoms with Crippen LogP contribution >= 0.6 is 45.2 Å². The van der Waals surface area contributed by atoms with E-state index in [1.165, 1.54) is 6.92 Å². The maximum atomic E-state index is 12.1. The van der Waals surface area contributed by atoms with Gasteiger partial charge in [0.15, 0.2) is 9.48 Å². The van der Waals surface area contributed by atoms with Gasteiger partial charge in [-0.1, -0.05) is 0 Å². The van der Waals surface area contributed by atoms with Crippen molar-refractivity contribution in [1.29, 1.82) is 0 Å². The van der Waals surface area contributed by atoms with Crippen molar-refractivity contribution in [3.05, 3.63) is 22.9 Å².